The van der Waals surface area contributed by atoms with Gasteiger partial charge in [0.1, 0.15) is 23.2 Å². The number of aromatic nitrogens is 2. The zero-order valence-electron chi connectivity index (χ0n) is 19.4. The minimum absolute atomic E-state index is 0.0675. The van der Waals surface area contributed by atoms with Crippen LogP contribution in [0.2, 0.25) is 0 Å². The quantitative estimate of drug-likeness (QED) is 0.391. The van der Waals surface area contributed by atoms with Crippen molar-refractivity contribution in [2.45, 2.75) is 25.5 Å². The molecule has 2 atom stereocenters. The molecule has 0 aliphatic carbocycles. The number of hydrogen-bond acceptors (Lipinski definition) is 6. The molecule has 184 valence electrons. The number of phenolic OH excluding ortho intramolecular Hbond substituents is 1. The Morgan fingerprint density at radius 3 is 2.64 bits per heavy atom. The van der Waals surface area contributed by atoms with Gasteiger partial charge in [-0.2, -0.15) is 0 Å². The van der Waals surface area contributed by atoms with Crippen molar-refractivity contribution in [3.8, 4) is 17.1 Å². The Hall–Kier alpha value is -4.11. The van der Waals surface area contributed by atoms with Gasteiger partial charge in [0.15, 0.2) is 11.9 Å². The molecule has 1 fully saturated rings. The summed E-state index contributed by atoms with van der Waals surface area (Å²) in [6.45, 7) is 2.89. The number of aliphatic hydroxyl groups is 1. The Balaban J connectivity index is 1.42. The second-order valence-corrected chi connectivity index (χ2v) is 8.92. The molecule has 2 heterocycles. The number of fused-ring (bicyclic) bond motifs is 1. The van der Waals surface area contributed by atoms with E-state index >= 15 is 0 Å². The predicted molar refractivity (Wildman–Crippen MR) is 131 cm³/mol. The van der Waals surface area contributed by atoms with Crippen molar-refractivity contribution in [2.24, 2.45) is 0 Å². The summed E-state index contributed by atoms with van der Waals surface area (Å²) < 4.78 is 27.8. The SMILES string of the molecule is Cc1ccc2c(N3CC[C@@H](NC(=O)C(O)c4ccc(F)cc4)C3)nc(-c3c(O)cccc3F)nc2c1. The van der Waals surface area contributed by atoms with Crippen molar-refractivity contribution in [3.63, 3.8) is 0 Å². The van der Waals surface area contributed by atoms with Gasteiger partial charge in [0.05, 0.1) is 11.1 Å². The second kappa shape index (κ2) is 9.50. The van der Waals surface area contributed by atoms with E-state index < -0.39 is 23.6 Å². The van der Waals surface area contributed by atoms with Crippen LogP contribution in [0.3, 0.4) is 0 Å². The Morgan fingerprint density at radius 1 is 1.11 bits per heavy atom. The highest BCUT2D eigenvalue weighted by Crippen LogP contribution is 2.34. The number of benzene rings is 3. The highest BCUT2D eigenvalue weighted by molar-refractivity contribution is 5.92. The summed E-state index contributed by atoms with van der Waals surface area (Å²) in [7, 11) is 0. The van der Waals surface area contributed by atoms with E-state index in [0.717, 1.165) is 10.9 Å². The number of nitrogens with one attached hydrogen (secondary N) is 1. The van der Waals surface area contributed by atoms with Gasteiger partial charge in [0, 0.05) is 24.5 Å². The fourth-order valence-corrected chi connectivity index (χ4v) is 4.46. The largest absolute Gasteiger partial charge is 0.507 e. The molecule has 36 heavy (non-hydrogen) atoms. The van der Waals surface area contributed by atoms with Crippen LogP contribution < -0.4 is 10.2 Å². The summed E-state index contributed by atoms with van der Waals surface area (Å²) in [6, 6.07) is 14.6. The van der Waals surface area contributed by atoms with Crippen LogP contribution in [-0.4, -0.2) is 45.2 Å². The zero-order chi connectivity index (χ0) is 25.4. The van der Waals surface area contributed by atoms with Crippen LogP contribution in [0.1, 0.15) is 23.7 Å². The first kappa shape index (κ1) is 23.6. The normalized spacial score (nSPS) is 16.3. The first-order valence-electron chi connectivity index (χ1n) is 11.6. The van der Waals surface area contributed by atoms with Crippen molar-refractivity contribution in [1.29, 1.82) is 0 Å². The fourth-order valence-electron chi connectivity index (χ4n) is 4.46. The van der Waals surface area contributed by atoms with Crippen LogP contribution >= 0.6 is 0 Å². The maximum atomic E-state index is 14.6. The van der Waals surface area contributed by atoms with Crippen LogP contribution in [0, 0.1) is 18.6 Å². The van der Waals surface area contributed by atoms with Gasteiger partial charge in [-0.05, 0) is 60.9 Å². The van der Waals surface area contributed by atoms with Crippen LogP contribution in [0.15, 0.2) is 60.7 Å². The lowest BCUT2D eigenvalue weighted by Gasteiger charge is -2.21. The molecule has 1 aliphatic heterocycles. The Labute approximate surface area is 206 Å². The van der Waals surface area contributed by atoms with Crippen molar-refractivity contribution >= 4 is 22.6 Å². The molecule has 9 heteroatoms. The summed E-state index contributed by atoms with van der Waals surface area (Å²) >= 11 is 0. The number of aliphatic hydroxyl groups excluding tert-OH is 1. The van der Waals surface area contributed by atoms with Gasteiger partial charge in [0.25, 0.3) is 5.91 Å². The highest BCUT2D eigenvalue weighted by Gasteiger charge is 2.29. The lowest BCUT2D eigenvalue weighted by molar-refractivity contribution is -0.130. The lowest BCUT2D eigenvalue weighted by Crippen LogP contribution is -2.40. The van der Waals surface area contributed by atoms with E-state index in [1.54, 1.807) is 0 Å². The number of hydrogen-bond donors (Lipinski definition) is 3. The molecule has 0 radical (unpaired) electrons. The summed E-state index contributed by atoms with van der Waals surface area (Å²) in [4.78, 5) is 23.7. The number of halogens is 2. The minimum atomic E-state index is -1.42. The van der Waals surface area contributed by atoms with Crippen molar-refractivity contribution in [1.82, 2.24) is 15.3 Å². The maximum Gasteiger partial charge on any atom is 0.253 e. The smallest absolute Gasteiger partial charge is 0.253 e. The molecule has 1 unspecified atom stereocenters. The van der Waals surface area contributed by atoms with Crippen molar-refractivity contribution < 1.29 is 23.8 Å². The number of anilines is 1. The fraction of sp³-hybridized carbons (Fsp3) is 0.222. The molecule has 4 aromatic rings. The first-order valence-corrected chi connectivity index (χ1v) is 11.6. The highest BCUT2D eigenvalue weighted by atomic mass is 19.1. The second-order valence-electron chi connectivity index (χ2n) is 8.92. The molecule has 5 rings (SSSR count). The zero-order valence-corrected chi connectivity index (χ0v) is 19.4. The predicted octanol–water partition coefficient (Wildman–Crippen LogP) is 4.02. The topological polar surface area (TPSA) is 98.6 Å². The van der Waals surface area contributed by atoms with Crippen LogP contribution in [0.4, 0.5) is 14.6 Å². The molecule has 0 saturated carbocycles. The summed E-state index contributed by atoms with van der Waals surface area (Å²) in [6.07, 6.45) is -0.822. The molecule has 0 spiro atoms. The van der Waals surface area contributed by atoms with Crippen LogP contribution in [0.25, 0.3) is 22.3 Å². The number of nitrogens with zero attached hydrogens (tertiary/aromatic N) is 3. The number of phenols is 1. The van der Waals surface area contributed by atoms with E-state index in [1.807, 2.05) is 30.0 Å². The average molecular weight is 491 g/mol. The molecule has 1 aliphatic rings. The van der Waals surface area contributed by atoms with Gasteiger partial charge in [-0.25, -0.2) is 18.7 Å². The van der Waals surface area contributed by atoms with E-state index in [1.165, 1.54) is 42.5 Å². The molecular weight excluding hydrogens is 466 g/mol. The molecular formula is C27H24F2N4O3. The molecule has 7 nitrogen and oxygen atoms in total. The molecule has 1 saturated heterocycles. The van der Waals surface area contributed by atoms with Gasteiger partial charge in [-0.3, -0.25) is 4.79 Å². The molecule has 1 aromatic heterocycles. The third kappa shape index (κ3) is 4.57. The third-order valence-electron chi connectivity index (χ3n) is 6.32. The molecule has 3 N–H and O–H groups in total. The van der Waals surface area contributed by atoms with E-state index in [2.05, 4.69) is 15.3 Å². The number of aromatic hydroxyl groups is 1. The van der Waals surface area contributed by atoms with Crippen molar-refractivity contribution in [3.05, 3.63) is 83.4 Å². The van der Waals surface area contributed by atoms with Gasteiger partial charge in [0.2, 0.25) is 0 Å². The maximum absolute atomic E-state index is 14.6. The number of carbonyl (C=O) groups excluding carboxylic acids is 1. The van der Waals surface area contributed by atoms with Gasteiger partial charge in [-0.1, -0.05) is 24.3 Å². The standard InChI is InChI=1S/C27H24F2N4O3/c1-15-5-10-19-21(13-15)31-25(23-20(29)3-2-4-22(23)34)32-26(19)33-12-11-18(14-33)30-27(36)24(35)16-6-8-17(28)9-7-16/h2-10,13,18,24,34-35H,11-12,14H2,1H3,(H,30,36)/t18-,24?/m1/s1. The third-order valence-corrected chi connectivity index (χ3v) is 6.32. The summed E-state index contributed by atoms with van der Waals surface area (Å²) in [5.41, 5.74) is 1.80. The van der Waals surface area contributed by atoms with E-state index in [9.17, 15) is 23.8 Å². The van der Waals surface area contributed by atoms with Crippen molar-refractivity contribution in [2.75, 3.05) is 18.0 Å². The van der Waals surface area contributed by atoms with E-state index in [-0.39, 0.29) is 23.2 Å². The van der Waals surface area contributed by atoms with Crippen LogP contribution in [-0.2, 0) is 4.79 Å². The number of aryl methyl sites for hydroxylation is 1. The molecule has 3 aromatic carbocycles. The number of amides is 1. The van der Waals surface area contributed by atoms with Gasteiger partial charge in [-0.15, -0.1) is 0 Å². The monoisotopic (exact) mass is 490 g/mol. The average Bonchev–Trinajstić information content (AvgIpc) is 3.31. The van der Waals surface area contributed by atoms with Gasteiger partial charge < -0.3 is 20.4 Å². The molecule has 1 amide bonds. The summed E-state index contributed by atoms with van der Waals surface area (Å²) in [5.74, 6) is -1.28. The summed E-state index contributed by atoms with van der Waals surface area (Å²) in [5, 5.41) is 24.3. The number of carbonyl (C=O) groups is 1. The Kier molecular flexibility index (Phi) is 6.24. The van der Waals surface area contributed by atoms with E-state index in [0.29, 0.717) is 36.4 Å². The molecule has 0 bridgehead atoms. The van der Waals surface area contributed by atoms with E-state index in [4.69, 9.17) is 0 Å². The number of rotatable bonds is 5. The van der Waals surface area contributed by atoms with Crippen LogP contribution in [0.5, 0.6) is 5.75 Å². The first-order chi connectivity index (χ1) is 17.3. The lowest BCUT2D eigenvalue weighted by atomic mass is 10.1. The van der Waals surface area contributed by atoms with Gasteiger partial charge >= 0.3 is 0 Å². The minimum Gasteiger partial charge on any atom is -0.507 e. The Bertz CT molecular complexity index is 1430. The Morgan fingerprint density at radius 2 is 1.89 bits per heavy atom.